The number of carbonyl (C=O) groups is 1. The lowest BCUT2D eigenvalue weighted by atomic mass is 10.1. The molecule has 0 aliphatic heterocycles. The Kier molecular flexibility index (Phi) is 5.93. The number of hydroxylamine groups is 1. The zero-order valence-corrected chi connectivity index (χ0v) is 16.3. The van der Waals surface area contributed by atoms with E-state index in [2.05, 4.69) is 4.98 Å². The van der Waals surface area contributed by atoms with Crippen LogP contribution in [0.4, 0.5) is 13.2 Å². The molecule has 3 rings (SSSR count). The second-order valence-electron chi connectivity index (χ2n) is 7.04. The van der Waals surface area contributed by atoms with Crippen molar-refractivity contribution in [3.05, 3.63) is 75.3 Å². The van der Waals surface area contributed by atoms with Gasteiger partial charge >= 0.3 is 6.18 Å². The van der Waals surface area contributed by atoms with Gasteiger partial charge in [-0.15, -0.1) is 0 Å². The van der Waals surface area contributed by atoms with Gasteiger partial charge in [-0.05, 0) is 42.3 Å². The Labute approximate surface area is 169 Å². The summed E-state index contributed by atoms with van der Waals surface area (Å²) in [6, 6.07) is 8.90. The summed E-state index contributed by atoms with van der Waals surface area (Å²) in [4.78, 5) is 29.4. The van der Waals surface area contributed by atoms with Gasteiger partial charge in [0.25, 0.3) is 11.5 Å². The van der Waals surface area contributed by atoms with Crippen molar-refractivity contribution in [3.8, 4) is 0 Å². The number of hydrogen-bond acceptors (Lipinski definition) is 4. The minimum absolute atomic E-state index is 0.0679. The number of nitrogens with zero attached hydrogens (tertiary/aromatic N) is 2. The number of halogens is 3. The van der Waals surface area contributed by atoms with E-state index in [-0.39, 0.29) is 29.0 Å². The van der Waals surface area contributed by atoms with E-state index in [9.17, 15) is 22.8 Å². The zero-order valence-electron chi connectivity index (χ0n) is 16.3. The average molecular weight is 419 g/mol. The molecule has 0 spiro atoms. The lowest BCUT2D eigenvalue weighted by molar-refractivity contribution is -0.137. The third-order valence-electron chi connectivity index (χ3n) is 5.02. The maximum Gasteiger partial charge on any atom is 0.416 e. The smallest absolute Gasteiger partial charge is 0.291 e. The molecule has 1 heterocycles. The average Bonchev–Trinajstić information content (AvgIpc) is 2.73. The molecule has 0 bridgehead atoms. The van der Waals surface area contributed by atoms with Gasteiger partial charge in [-0.25, -0.2) is 10.5 Å². The molecule has 0 aliphatic carbocycles. The fraction of sp³-hybridized carbons (Fsp3) is 0.286. The molecule has 1 amide bonds. The second kappa shape index (κ2) is 8.27. The molecule has 1 atom stereocenters. The van der Waals surface area contributed by atoms with Crippen LogP contribution in [0.15, 0.2) is 47.3 Å². The largest absolute Gasteiger partial charge is 0.416 e. The van der Waals surface area contributed by atoms with Crippen molar-refractivity contribution < 1.29 is 23.2 Å². The summed E-state index contributed by atoms with van der Waals surface area (Å²) in [6.07, 6.45) is -3.75. The van der Waals surface area contributed by atoms with Crippen molar-refractivity contribution in [1.82, 2.24) is 15.0 Å². The molecular weight excluding hydrogens is 399 g/mol. The molecule has 6 nitrogen and oxygen atoms in total. The van der Waals surface area contributed by atoms with Gasteiger partial charge in [-0.3, -0.25) is 19.4 Å². The number of carbonyl (C=O) groups excluding carboxylic acids is 1. The summed E-state index contributed by atoms with van der Waals surface area (Å²) >= 11 is 0. The number of hydrogen-bond donors (Lipinski definition) is 2. The van der Waals surface area contributed by atoms with E-state index in [1.807, 2.05) is 13.8 Å². The highest BCUT2D eigenvalue weighted by Gasteiger charge is 2.30. The van der Waals surface area contributed by atoms with Crippen LogP contribution in [-0.4, -0.2) is 20.7 Å². The highest BCUT2D eigenvalue weighted by atomic mass is 19.4. The fourth-order valence-corrected chi connectivity index (χ4v) is 3.14. The van der Waals surface area contributed by atoms with Gasteiger partial charge in [-0.2, -0.15) is 13.2 Å². The van der Waals surface area contributed by atoms with Crippen molar-refractivity contribution in [2.24, 2.45) is 0 Å². The minimum Gasteiger partial charge on any atom is -0.291 e. The SMILES string of the molecule is CCC(C)c1nc2cc(C(=O)NO)ccc2c(=O)n1Cc1ccc(C(F)(F)F)cc1. The lowest BCUT2D eigenvalue weighted by Crippen LogP contribution is -2.27. The molecule has 3 aromatic rings. The van der Waals surface area contributed by atoms with E-state index in [1.165, 1.54) is 40.4 Å². The van der Waals surface area contributed by atoms with E-state index >= 15 is 0 Å². The number of alkyl halides is 3. The van der Waals surface area contributed by atoms with Gasteiger partial charge in [0.15, 0.2) is 0 Å². The van der Waals surface area contributed by atoms with Crippen LogP contribution in [0.1, 0.15) is 53.5 Å². The van der Waals surface area contributed by atoms with E-state index < -0.39 is 17.6 Å². The molecule has 0 aliphatic rings. The van der Waals surface area contributed by atoms with Gasteiger partial charge in [0, 0.05) is 11.5 Å². The summed E-state index contributed by atoms with van der Waals surface area (Å²) in [6.45, 7) is 3.89. The Morgan fingerprint density at radius 2 is 1.87 bits per heavy atom. The molecule has 9 heteroatoms. The third-order valence-corrected chi connectivity index (χ3v) is 5.02. The molecule has 0 fully saturated rings. The van der Waals surface area contributed by atoms with Crippen LogP contribution in [0, 0.1) is 0 Å². The normalized spacial score (nSPS) is 12.7. The first-order chi connectivity index (χ1) is 14.2. The van der Waals surface area contributed by atoms with E-state index in [0.29, 0.717) is 23.3 Å². The van der Waals surface area contributed by atoms with Gasteiger partial charge < -0.3 is 0 Å². The van der Waals surface area contributed by atoms with Gasteiger partial charge in [-0.1, -0.05) is 26.0 Å². The van der Waals surface area contributed by atoms with Crippen LogP contribution >= 0.6 is 0 Å². The van der Waals surface area contributed by atoms with Crippen LogP contribution in [0.3, 0.4) is 0 Å². The third kappa shape index (κ3) is 4.20. The maximum atomic E-state index is 13.1. The summed E-state index contributed by atoms with van der Waals surface area (Å²) in [5.41, 5.74) is 1.41. The first kappa shape index (κ1) is 21.5. The number of rotatable bonds is 5. The van der Waals surface area contributed by atoms with Crippen LogP contribution in [0.25, 0.3) is 10.9 Å². The number of aromatic nitrogens is 2. The van der Waals surface area contributed by atoms with Crippen LogP contribution in [-0.2, 0) is 12.7 Å². The minimum atomic E-state index is -4.43. The molecular formula is C21H20F3N3O3. The Morgan fingerprint density at radius 3 is 2.43 bits per heavy atom. The number of fused-ring (bicyclic) bond motifs is 1. The van der Waals surface area contributed by atoms with Crippen LogP contribution in [0.2, 0.25) is 0 Å². The van der Waals surface area contributed by atoms with Gasteiger partial charge in [0.2, 0.25) is 0 Å². The monoisotopic (exact) mass is 419 g/mol. The van der Waals surface area contributed by atoms with Crippen molar-refractivity contribution in [2.45, 2.75) is 38.9 Å². The van der Waals surface area contributed by atoms with Gasteiger partial charge in [0.05, 0.1) is 23.0 Å². The summed E-state index contributed by atoms with van der Waals surface area (Å²) in [5.74, 6) is -0.360. The molecule has 30 heavy (non-hydrogen) atoms. The molecule has 2 N–H and O–H groups in total. The van der Waals surface area contributed by atoms with Crippen LogP contribution in [0.5, 0.6) is 0 Å². The predicted octanol–water partition coefficient (Wildman–Crippen LogP) is 4.10. The maximum absolute atomic E-state index is 13.1. The van der Waals surface area contributed by atoms with Crippen molar-refractivity contribution >= 4 is 16.8 Å². The molecule has 1 unspecified atom stereocenters. The number of amides is 1. The molecule has 1 aromatic heterocycles. The molecule has 0 radical (unpaired) electrons. The zero-order chi connectivity index (χ0) is 22.1. The first-order valence-corrected chi connectivity index (χ1v) is 9.30. The van der Waals surface area contributed by atoms with E-state index in [0.717, 1.165) is 12.1 Å². The molecule has 0 saturated heterocycles. The van der Waals surface area contributed by atoms with E-state index in [1.54, 1.807) is 0 Å². The Hall–Kier alpha value is -3.20. The highest BCUT2D eigenvalue weighted by Crippen LogP contribution is 2.29. The Bertz CT molecular complexity index is 1140. The summed E-state index contributed by atoms with van der Waals surface area (Å²) < 4.78 is 39.9. The van der Waals surface area contributed by atoms with Gasteiger partial charge in [0.1, 0.15) is 5.82 Å². The second-order valence-corrected chi connectivity index (χ2v) is 7.04. The van der Waals surface area contributed by atoms with Crippen molar-refractivity contribution in [2.75, 3.05) is 0 Å². The Morgan fingerprint density at radius 1 is 1.20 bits per heavy atom. The number of benzene rings is 2. The van der Waals surface area contributed by atoms with Crippen molar-refractivity contribution in [3.63, 3.8) is 0 Å². The summed E-state index contributed by atoms with van der Waals surface area (Å²) in [7, 11) is 0. The quantitative estimate of drug-likeness (QED) is 0.482. The number of nitrogens with one attached hydrogen (secondary N) is 1. The highest BCUT2D eigenvalue weighted by molar-refractivity contribution is 5.97. The first-order valence-electron chi connectivity index (χ1n) is 9.30. The molecule has 158 valence electrons. The standard InChI is InChI=1S/C21H20F3N3O3/c1-3-12(2)18-25-17-10-14(19(28)26-30)6-9-16(17)20(29)27(18)11-13-4-7-15(8-5-13)21(22,23)24/h4-10,12,30H,3,11H2,1-2H3,(H,26,28). The lowest BCUT2D eigenvalue weighted by Gasteiger charge is -2.18. The molecule has 2 aromatic carbocycles. The molecule has 0 saturated carbocycles. The van der Waals surface area contributed by atoms with E-state index in [4.69, 9.17) is 5.21 Å². The van der Waals surface area contributed by atoms with Crippen LogP contribution < -0.4 is 11.0 Å². The van der Waals surface area contributed by atoms with Crippen molar-refractivity contribution in [1.29, 1.82) is 0 Å². The fourth-order valence-electron chi connectivity index (χ4n) is 3.14. The topological polar surface area (TPSA) is 84.2 Å². The Balaban J connectivity index is 2.11. The predicted molar refractivity (Wildman–Crippen MR) is 105 cm³/mol. The summed E-state index contributed by atoms with van der Waals surface area (Å²) in [5, 5.41) is 9.08.